The van der Waals surface area contributed by atoms with Crippen LogP contribution in [0.15, 0.2) is 103 Å². The predicted octanol–water partition coefficient (Wildman–Crippen LogP) is 6.25. The van der Waals surface area contributed by atoms with Crippen LogP contribution in [0.4, 0.5) is 13.2 Å². The Balaban J connectivity index is 1.94. The molecule has 0 saturated heterocycles. The SMILES string of the molecule is C=C(/C=C/P(=O)(c1ccccc1)c1ccccc1)c1ccc(C(F)(F)F)cc1. The van der Waals surface area contributed by atoms with Crippen LogP contribution in [0, 0.1) is 0 Å². The summed E-state index contributed by atoms with van der Waals surface area (Å²) >= 11 is 0. The topological polar surface area (TPSA) is 17.1 Å². The van der Waals surface area contributed by atoms with Crippen LogP contribution in [0.3, 0.4) is 0 Å². The molecule has 0 N–H and O–H groups in total. The molecule has 0 aromatic heterocycles. The number of hydrogen-bond donors (Lipinski definition) is 0. The van der Waals surface area contributed by atoms with E-state index in [1.54, 1.807) is 36.2 Å². The highest BCUT2D eigenvalue weighted by atomic mass is 31.2. The Hall–Kier alpha value is -2.84. The standard InChI is InChI=1S/C23H18F3OP/c1-18(19-12-14-20(15-13-19)23(24,25)26)16-17-28(27,21-8-4-2-5-9-21)22-10-6-3-7-11-22/h2-17H,1H2/b17-16+. The first-order chi connectivity index (χ1) is 13.3. The molecule has 0 amide bonds. The number of hydrogen-bond acceptors (Lipinski definition) is 1. The van der Waals surface area contributed by atoms with Gasteiger partial charge in [0.25, 0.3) is 0 Å². The van der Waals surface area contributed by atoms with E-state index in [1.807, 2.05) is 36.4 Å². The molecule has 0 aliphatic rings. The highest BCUT2D eigenvalue weighted by Crippen LogP contribution is 2.45. The Labute approximate surface area is 162 Å². The van der Waals surface area contributed by atoms with Crippen molar-refractivity contribution in [1.29, 1.82) is 0 Å². The summed E-state index contributed by atoms with van der Waals surface area (Å²) in [5, 5.41) is 1.36. The summed E-state index contributed by atoms with van der Waals surface area (Å²) < 4.78 is 52.0. The van der Waals surface area contributed by atoms with Gasteiger partial charge in [-0.1, -0.05) is 85.5 Å². The van der Waals surface area contributed by atoms with Gasteiger partial charge in [-0.3, -0.25) is 0 Å². The molecule has 0 bridgehead atoms. The minimum absolute atomic E-state index is 0.487. The quantitative estimate of drug-likeness (QED) is 0.367. The van der Waals surface area contributed by atoms with E-state index >= 15 is 0 Å². The zero-order valence-electron chi connectivity index (χ0n) is 14.9. The molecule has 1 nitrogen and oxygen atoms in total. The molecule has 0 atom stereocenters. The fraction of sp³-hybridized carbons (Fsp3) is 0.0435. The maximum atomic E-state index is 13.9. The third-order valence-electron chi connectivity index (χ3n) is 4.35. The molecule has 142 valence electrons. The maximum absolute atomic E-state index is 13.9. The molecule has 5 heteroatoms. The van der Waals surface area contributed by atoms with Crippen molar-refractivity contribution in [2.24, 2.45) is 0 Å². The molecule has 0 unspecified atom stereocenters. The van der Waals surface area contributed by atoms with E-state index in [9.17, 15) is 17.7 Å². The molecule has 0 heterocycles. The van der Waals surface area contributed by atoms with Gasteiger partial charge in [-0.2, -0.15) is 13.2 Å². The van der Waals surface area contributed by atoms with Crippen molar-refractivity contribution in [2.45, 2.75) is 6.18 Å². The summed E-state index contributed by atoms with van der Waals surface area (Å²) in [4.78, 5) is 0. The number of benzene rings is 3. The second-order valence-electron chi connectivity index (χ2n) is 6.25. The van der Waals surface area contributed by atoms with Crippen LogP contribution in [-0.2, 0) is 10.7 Å². The van der Waals surface area contributed by atoms with Crippen molar-refractivity contribution >= 4 is 23.3 Å². The minimum atomic E-state index is -4.38. The molecule has 3 aromatic rings. The molecular weight excluding hydrogens is 380 g/mol. The van der Waals surface area contributed by atoms with E-state index in [0.717, 1.165) is 12.1 Å². The average Bonchev–Trinajstić information content (AvgIpc) is 2.72. The second-order valence-corrected chi connectivity index (χ2v) is 8.89. The highest BCUT2D eigenvalue weighted by Gasteiger charge is 2.30. The largest absolute Gasteiger partial charge is 0.416 e. The zero-order chi connectivity index (χ0) is 20.2. The van der Waals surface area contributed by atoms with Crippen LogP contribution in [-0.4, -0.2) is 0 Å². The fourth-order valence-corrected chi connectivity index (χ4v) is 5.05. The van der Waals surface area contributed by atoms with Gasteiger partial charge in [-0.25, -0.2) is 0 Å². The summed E-state index contributed by atoms with van der Waals surface area (Å²) in [7, 11) is -3.06. The first-order valence-corrected chi connectivity index (χ1v) is 10.3. The maximum Gasteiger partial charge on any atom is 0.416 e. The normalized spacial score (nSPS) is 12.2. The van der Waals surface area contributed by atoms with Gasteiger partial charge in [0.2, 0.25) is 0 Å². The first-order valence-electron chi connectivity index (χ1n) is 8.57. The van der Waals surface area contributed by atoms with E-state index in [-0.39, 0.29) is 0 Å². The molecule has 0 radical (unpaired) electrons. The van der Waals surface area contributed by atoms with Crippen molar-refractivity contribution in [3.63, 3.8) is 0 Å². The monoisotopic (exact) mass is 398 g/mol. The lowest BCUT2D eigenvalue weighted by Crippen LogP contribution is -2.13. The summed E-state index contributed by atoms with van der Waals surface area (Å²) in [5.74, 6) is 1.61. The van der Waals surface area contributed by atoms with E-state index in [0.29, 0.717) is 21.7 Å². The fourth-order valence-electron chi connectivity index (χ4n) is 2.78. The van der Waals surface area contributed by atoms with Gasteiger partial charge in [-0.15, -0.1) is 0 Å². The van der Waals surface area contributed by atoms with Gasteiger partial charge in [0.05, 0.1) is 5.56 Å². The van der Waals surface area contributed by atoms with E-state index in [1.165, 1.54) is 12.1 Å². The smallest absolute Gasteiger partial charge is 0.309 e. The molecule has 0 fully saturated rings. The van der Waals surface area contributed by atoms with Crippen LogP contribution < -0.4 is 10.6 Å². The molecular formula is C23H18F3OP. The van der Waals surface area contributed by atoms with Crippen molar-refractivity contribution in [3.05, 3.63) is 115 Å². The van der Waals surface area contributed by atoms with Gasteiger partial charge >= 0.3 is 6.18 Å². The van der Waals surface area contributed by atoms with E-state index in [4.69, 9.17) is 0 Å². The molecule has 3 aromatic carbocycles. The van der Waals surface area contributed by atoms with E-state index < -0.39 is 18.9 Å². The Morgan fingerprint density at radius 2 is 1.25 bits per heavy atom. The third-order valence-corrected chi connectivity index (χ3v) is 7.05. The van der Waals surface area contributed by atoms with Crippen molar-refractivity contribution in [3.8, 4) is 0 Å². The number of allylic oxidation sites excluding steroid dienone is 2. The Kier molecular flexibility index (Phi) is 5.71. The van der Waals surface area contributed by atoms with Crippen molar-refractivity contribution < 1.29 is 17.7 Å². The Morgan fingerprint density at radius 3 is 1.68 bits per heavy atom. The molecule has 0 aliphatic carbocycles. The van der Waals surface area contributed by atoms with Crippen LogP contribution in [0.25, 0.3) is 5.57 Å². The van der Waals surface area contributed by atoms with Crippen LogP contribution in [0.5, 0.6) is 0 Å². The summed E-state index contributed by atoms with van der Waals surface area (Å²) in [6.07, 6.45) is -2.77. The van der Waals surface area contributed by atoms with Crippen LogP contribution in [0.2, 0.25) is 0 Å². The lowest BCUT2D eigenvalue weighted by atomic mass is 10.1. The summed E-state index contributed by atoms with van der Waals surface area (Å²) in [6, 6.07) is 23.0. The van der Waals surface area contributed by atoms with Gasteiger partial charge in [0, 0.05) is 10.6 Å². The Bertz CT molecular complexity index is 977. The lowest BCUT2D eigenvalue weighted by molar-refractivity contribution is -0.137. The molecule has 0 aliphatic heterocycles. The van der Waals surface area contributed by atoms with Gasteiger partial charge in [0.1, 0.15) is 0 Å². The van der Waals surface area contributed by atoms with Crippen LogP contribution in [0.1, 0.15) is 11.1 Å². The van der Waals surface area contributed by atoms with Gasteiger partial charge in [0.15, 0.2) is 7.14 Å². The van der Waals surface area contributed by atoms with Gasteiger partial charge < -0.3 is 4.57 Å². The predicted molar refractivity (Wildman–Crippen MR) is 109 cm³/mol. The number of rotatable bonds is 5. The lowest BCUT2D eigenvalue weighted by Gasteiger charge is -2.15. The number of halogens is 3. The molecule has 28 heavy (non-hydrogen) atoms. The number of alkyl halides is 3. The summed E-state index contributed by atoms with van der Waals surface area (Å²) in [5.41, 5.74) is 0.310. The van der Waals surface area contributed by atoms with Gasteiger partial charge in [-0.05, 0) is 29.1 Å². The highest BCUT2D eigenvalue weighted by molar-refractivity contribution is 7.81. The second kappa shape index (κ2) is 8.04. The van der Waals surface area contributed by atoms with Crippen molar-refractivity contribution in [2.75, 3.05) is 0 Å². The third kappa shape index (κ3) is 4.35. The molecule has 0 spiro atoms. The van der Waals surface area contributed by atoms with Crippen LogP contribution >= 0.6 is 7.14 Å². The molecule has 3 rings (SSSR count). The Morgan fingerprint density at radius 1 is 0.786 bits per heavy atom. The zero-order valence-corrected chi connectivity index (χ0v) is 15.8. The molecule has 0 saturated carbocycles. The minimum Gasteiger partial charge on any atom is -0.309 e. The average molecular weight is 398 g/mol. The summed E-state index contributed by atoms with van der Waals surface area (Å²) in [6.45, 7) is 3.92. The first kappa shape index (κ1) is 19.9. The van der Waals surface area contributed by atoms with E-state index in [2.05, 4.69) is 6.58 Å². The van der Waals surface area contributed by atoms with Crippen molar-refractivity contribution in [1.82, 2.24) is 0 Å².